The lowest BCUT2D eigenvalue weighted by Crippen LogP contribution is -2.43. The van der Waals surface area contributed by atoms with Gasteiger partial charge in [0, 0.05) is 0 Å². The number of rotatable bonds is 5. The number of carbonyl (C=O) groups excluding carboxylic acids is 1. The number of furan rings is 1. The molecular weight excluding hydrogens is 294 g/mol. The Labute approximate surface area is 135 Å². The van der Waals surface area contributed by atoms with Crippen LogP contribution >= 0.6 is 0 Å². The maximum atomic E-state index is 11.6. The minimum atomic E-state index is -0.456. The molecule has 2 aromatic rings. The predicted octanol–water partition coefficient (Wildman–Crippen LogP) is 2.30. The van der Waals surface area contributed by atoms with Crippen LogP contribution in [0.25, 0.3) is 0 Å². The summed E-state index contributed by atoms with van der Waals surface area (Å²) in [5.74, 6) is 0.791. The van der Waals surface area contributed by atoms with Crippen molar-refractivity contribution in [3.05, 3.63) is 58.5 Å². The van der Waals surface area contributed by atoms with E-state index in [1.165, 1.54) is 12.7 Å². The van der Waals surface area contributed by atoms with Crippen LogP contribution in [-0.4, -0.2) is 24.8 Å². The lowest BCUT2D eigenvalue weighted by atomic mass is 9.92. The summed E-state index contributed by atoms with van der Waals surface area (Å²) in [6.45, 7) is 2.20. The first-order chi connectivity index (χ1) is 11.1. The van der Waals surface area contributed by atoms with Crippen molar-refractivity contribution in [3.8, 4) is 0 Å². The zero-order valence-electron chi connectivity index (χ0n) is 13.4. The molecule has 3 rings (SSSR count). The molecule has 0 radical (unpaired) electrons. The molecule has 0 spiro atoms. The van der Waals surface area contributed by atoms with E-state index in [4.69, 9.17) is 9.15 Å². The second kappa shape index (κ2) is 6.18. The summed E-state index contributed by atoms with van der Waals surface area (Å²) in [7, 11) is 1.35. The molecule has 1 aliphatic rings. The molecule has 1 aromatic carbocycles. The minimum Gasteiger partial charge on any atom is -0.465 e. The third kappa shape index (κ3) is 2.78. The number of ether oxygens (including phenoxy) is 1. The van der Waals surface area contributed by atoms with Gasteiger partial charge in [-0.05, 0) is 37.0 Å². The maximum Gasteiger partial charge on any atom is 0.341 e. The lowest BCUT2D eigenvalue weighted by Gasteiger charge is -2.29. The molecule has 0 unspecified atom stereocenters. The molecule has 1 atom stereocenters. The number of hydrogen-bond acceptors (Lipinski definition) is 5. The second-order valence-corrected chi connectivity index (χ2v) is 5.93. The van der Waals surface area contributed by atoms with E-state index >= 15 is 0 Å². The summed E-state index contributed by atoms with van der Waals surface area (Å²) in [5.41, 5.74) is 2.39. The topological polar surface area (TPSA) is 71.7 Å². The fourth-order valence-electron chi connectivity index (χ4n) is 3.29. The molecule has 0 saturated heterocycles. The molecule has 1 heterocycles. The summed E-state index contributed by atoms with van der Waals surface area (Å²) < 4.78 is 10.4. The van der Waals surface area contributed by atoms with Crippen molar-refractivity contribution >= 4 is 5.97 Å². The summed E-state index contributed by atoms with van der Waals surface area (Å²) in [6.07, 6.45) is 1.78. The van der Waals surface area contributed by atoms with Gasteiger partial charge in [0.1, 0.15) is 17.1 Å². The Kier molecular flexibility index (Phi) is 4.24. The molecule has 0 saturated carbocycles. The first-order valence-corrected chi connectivity index (χ1v) is 7.71. The second-order valence-electron chi connectivity index (χ2n) is 5.93. The molecular formula is C18H21NO4. The zero-order valence-corrected chi connectivity index (χ0v) is 13.4. The van der Waals surface area contributed by atoms with Crippen molar-refractivity contribution in [1.29, 1.82) is 0 Å². The van der Waals surface area contributed by atoms with Gasteiger partial charge in [0.15, 0.2) is 0 Å². The Morgan fingerprint density at radius 1 is 1.43 bits per heavy atom. The monoisotopic (exact) mass is 315 g/mol. The van der Waals surface area contributed by atoms with Crippen LogP contribution in [0.5, 0.6) is 0 Å². The van der Waals surface area contributed by atoms with Gasteiger partial charge in [-0.2, -0.15) is 0 Å². The van der Waals surface area contributed by atoms with E-state index in [0.29, 0.717) is 23.6 Å². The Balaban J connectivity index is 1.79. The molecule has 1 aromatic heterocycles. The number of carbonyl (C=O) groups is 1. The summed E-state index contributed by atoms with van der Waals surface area (Å²) in [4.78, 5) is 11.6. The number of benzene rings is 1. The van der Waals surface area contributed by atoms with Crippen LogP contribution in [-0.2, 0) is 23.2 Å². The summed E-state index contributed by atoms with van der Waals surface area (Å²) in [6, 6.07) is 9.85. The SMILES string of the molecule is COC(=O)c1cc(CN[C@]2(CO)CCc3ccccc32)oc1C. The van der Waals surface area contributed by atoms with Crippen molar-refractivity contribution in [2.75, 3.05) is 13.7 Å². The molecule has 0 amide bonds. The average molecular weight is 315 g/mol. The van der Waals surface area contributed by atoms with Crippen molar-refractivity contribution in [3.63, 3.8) is 0 Å². The predicted molar refractivity (Wildman–Crippen MR) is 85.2 cm³/mol. The first-order valence-electron chi connectivity index (χ1n) is 7.71. The molecule has 5 nitrogen and oxygen atoms in total. The number of hydrogen-bond donors (Lipinski definition) is 2. The molecule has 122 valence electrons. The minimum absolute atomic E-state index is 0.0214. The van der Waals surface area contributed by atoms with Crippen molar-refractivity contribution < 1.29 is 19.1 Å². The highest BCUT2D eigenvalue weighted by atomic mass is 16.5. The molecule has 2 N–H and O–H groups in total. The summed E-state index contributed by atoms with van der Waals surface area (Å²) >= 11 is 0. The number of aliphatic hydroxyl groups is 1. The largest absolute Gasteiger partial charge is 0.465 e. The van der Waals surface area contributed by atoms with E-state index in [1.54, 1.807) is 13.0 Å². The standard InChI is InChI=1S/C18H21NO4/c1-12-15(17(21)22-2)9-14(23-12)10-19-18(11-20)8-7-13-5-3-4-6-16(13)18/h3-6,9,19-20H,7-8,10-11H2,1-2H3/t18-/m0/s1. The number of nitrogens with one attached hydrogen (secondary N) is 1. The highest BCUT2D eigenvalue weighted by molar-refractivity contribution is 5.90. The van der Waals surface area contributed by atoms with E-state index < -0.39 is 11.5 Å². The van der Waals surface area contributed by atoms with Gasteiger partial charge < -0.3 is 14.3 Å². The van der Waals surface area contributed by atoms with Crippen LogP contribution in [0.3, 0.4) is 0 Å². The molecule has 0 bridgehead atoms. The average Bonchev–Trinajstić information content (AvgIpc) is 3.14. The third-order valence-electron chi connectivity index (χ3n) is 4.60. The van der Waals surface area contributed by atoms with Gasteiger partial charge in [0.25, 0.3) is 0 Å². The Bertz CT molecular complexity index is 722. The van der Waals surface area contributed by atoms with Crippen LogP contribution in [0.4, 0.5) is 0 Å². The zero-order chi connectivity index (χ0) is 16.4. The number of methoxy groups -OCH3 is 1. The van der Waals surface area contributed by atoms with Gasteiger partial charge in [-0.25, -0.2) is 4.79 Å². The van der Waals surface area contributed by atoms with E-state index in [1.807, 2.05) is 12.1 Å². The lowest BCUT2D eigenvalue weighted by molar-refractivity contribution is 0.0599. The summed E-state index contributed by atoms with van der Waals surface area (Å²) in [5, 5.41) is 13.4. The number of fused-ring (bicyclic) bond motifs is 1. The van der Waals surface area contributed by atoms with E-state index in [-0.39, 0.29) is 6.61 Å². The van der Waals surface area contributed by atoms with Gasteiger partial charge in [-0.1, -0.05) is 24.3 Å². The molecule has 5 heteroatoms. The normalized spacial score (nSPS) is 19.6. The van der Waals surface area contributed by atoms with Gasteiger partial charge in [0.2, 0.25) is 0 Å². The highest BCUT2D eigenvalue weighted by Crippen LogP contribution is 2.36. The highest BCUT2D eigenvalue weighted by Gasteiger charge is 2.37. The van der Waals surface area contributed by atoms with Gasteiger partial charge in [0.05, 0.1) is 25.8 Å². The maximum absolute atomic E-state index is 11.6. The number of esters is 1. The third-order valence-corrected chi connectivity index (χ3v) is 4.60. The number of aryl methyl sites for hydroxylation is 2. The van der Waals surface area contributed by atoms with Crippen LogP contribution in [0.2, 0.25) is 0 Å². The van der Waals surface area contributed by atoms with Crippen LogP contribution < -0.4 is 5.32 Å². The van der Waals surface area contributed by atoms with Gasteiger partial charge >= 0.3 is 5.97 Å². The van der Waals surface area contributed by atoms with E-state index in [2.05, 4.69) is 17.4 Å². The van der Waals surface area contributed by atoms with Crippen molar-refractivity contribution in [1.82, 2.24) is 5.32 Å². The molecule has 1 aliphatic carbocycles. The quantitative estimate of drug-likeness (QED) is 0.828. The van der Waals surface area contributed by atoms with Crippen LogP contribution in [0.15, 0.2) is 34.7 Å². The fraction of sp³-hybridized carbons (Fsp3) is 0.389. The Morgan fingerprint density at radius 3 is 2.96 bits per heavy atom. The van der Waals surface area contributed by atoms with Gasteiger partial charge in [-0.15, -0.1) is 0 Å². The van der Waals surface area contributed by atoms with E-state index in [9.17, 15) is 9.90 Å². The van der Waals surface area contributed by atoms with Gasteiger partial charge in [-0.3, -0.25) is 5.32 Å². The Hall–Kier alpha value is -2.11. The van der Waals surface area contributed by atoms with Crippen LogP contribution in [0, 0.1) is 6.92 Å². The molecule has 0 fully saturated rings. The molecule has 23 heavy (non-hydrogen) atoms. The fourth-order valence-corrected chi connectivity index (χ4v) is 3.29. The van der Waals surface area contributed by atoms with E-state index in [0.717, 1.165) is 18.4 Å². The number of aliphatic hydroxyl groups excluding tert-OH is 1. The first kappa shape index (κ1) is 15.8. The molecule has 0 aliphatic heterocycles. The Morgan fingerprint density at radius 2 is 2.22 bits per heavy atom. The van der Waals surface area contributed by atoms with Crippen LogP contribution in [0.1, 0.15) is 39.4 Å². The smallest absolute Gasteiger partial charge is 0.341 e. The van der Waals surface area contributed by atoms with Crippen molar-refractivity contribution in [2.45, 2.75) is 31.8 Å². The van der Waals surface area contributed by atoms with Crippen molar-refractivity contribution in [2.24, 2.45) is 0 Å².